The van der Waals surface area contributed by atoms with Gasteiger partial charge in [0.25, 0.3) is 5.91 Å². The highest BCUT2D eigenvalue weighted by atomic mass is 32.1. The van der Waals surface area contributed by atoms with Crippen molar-refractivity contribution in [2.45, 2.75) is 31.8 Å². The van der Waals surface area contributed by atoms with Crippen LogP contribution >= 0.6 is 11.3 Å². The number of aliphatic hydroxyl groups excluding tert-OH is 1. The maximum Gasteiger partial charge on any atom is 0.254 e. The summed E-state index contributed by atoms with van der Waals surface area (Å²) in [4.78, 5) is 20.1. The molecule has 0 radical (unpaired) electrons. The maximum atomic E-state index is 12.5. The number of rotatable bonds is 1. The fourth-order valence-corrected chi connectivity index (χ4v) is 4.16. The van der Waals surface area contributed by atoms with Crippen molar-refractivity contribution in [3.63, 3.8) is 0 Å². The Hall–Kier alpha value is -1.92. The Labute approximate surface area is 133 Å². The molecule has 1 atom stereocenters. The fraction of sp³-hybridized carbons (Fsp3) is 0.375. The van der Waals surface area contributed by atoms with Gasteiger partial charge in [-0.2, -0.15) is 0 Å². The third-order valence-electron chi connectivity index (χ3n) is 4.22. The van der Waals surface area contributed by atoms with Gasteiger partial charge in [0.05, 0.1) is 5.69 Å². The van der Waals surface area contributed by atoms with Gasteiger partial charge in [-0.1, -0.05) is 18.2 Å². The Morgan fingerprint density at radius 2 is 2.14 bits per heavy atom. The largest absolute Gasteiger partial charge is 0.400 e. The van der Waals surface area contributed by atoms with Crippen molar-refractivity contribution >= 4 is 22.4 Å². The van der Waals surface area contributed by atoms with E-state index >= 15 is 0 Å². The number of aliphatic hydroxyl groups is 1. The lowest BCUT2D eigenvalue weighted by atomic mass is 9.96. The highest BCUT2D eigenvalue weighted by molar-refractivity contribution is 7.15. The molecule has 22 heavy (non-hydrogen) atoms. The van der Waals surface area contributed by atoms with E-state index in [1.54, 1.807) is 11.3 Å². The van der Waals surface area contributed by atoms with Gasteiger partial charge in [-0.15, -0.1) is 11.3 Å². The van der Waals surface area contributed by atoms with Crippen molar-refractivity contribution in [2.75, 3.05) is 12.8 Å². The van der Waals surface area contributed by atoms with Crippen molar-refractivity contribution in [1.82, 2.24) is 9.88 Å². The predicted molar refractivity (Wildman–Crippen MR) is 86.8 cm³/mol. The van der Waals surface area contributed by atoms with Crippen molar-refractivity contribution < 1.29 is 9.90 Å². The molecule has 1 unspecified atom stereocenters. The fourth-order valence-electron chi connectivity index (χ4n) is 3.22. The summed E-state index contributed by atoms with van der Waals surface area (Å²) in [5.41, 5.74) is 8.92. The van der Waals surface area contributed by atoms with E-state index in [4.69, 9.17) is 10.8 Å². The molecule has 4 rings (SSSR count). The molecule has 1 aromatic heterocycles. The highest BCUT2D eigenvalue weighted by Crippen LogP contribution is 2.33. The number of amides is 1. The van der Waals surface area contributed by atoms with Gasteiger partial charge in [-0.05, 0) is 24.5 Å². The number of nitrogens with two attached hydrogens (primary N) is 1. The molecule has 0 saturated heterocycles. The van der Waals surface area contributed by atoms with Gasteiger partial charge in [-0.3, -0.25) is 4.79 Å². The predicted octanol–water partition coefficient (Wildman–Crippen LogP) is 1.85. The average Bonchev–Trinajstić information content (AvgIpc) is 3.08. The summed E-state index contributed by atoms with van der Waals surface area (Å²) in [5.74, 6) is 0.173. The molecule has 2 heterocycles. The molecule has 1 aliphatic heterocycles. The number of anilines is 1. The minimum Gasteiger partial charge on any atom is -0.400 e. The lowest BCUT2D eigenvalue weighted by Gasteiger charge is -2.30. The van der Waals surface area contributed by atoms with E-state index in [0.29, 0.717) is 5.13 Å². The Morgan fingerprint density at radius 1 is 1.36 bits per heavy atom. The van der Waals surface area contributed by atoms with Crippen LogP contribution in [-0.4, -0.2) is 34.0 Å². The average molecular weight is 317 g/mol. The Morgan fingerprint density at radius 3 is 2.91 bits per heavy atom. The van der Waals surface area contributed by atoms with Crippen LogP contribution in [0.3, 0.4) is 0 Å². The van der Waals surface area contributed by atoms with Crippen LogP contribution < -0.4 is 5.73 Å². The normalized spacial score (nSPS) is 19.3. The maximum absolute atomic E-state index is 12.5. The second-order valence-corrected chi connectivity index (χ2v) is 6.52. The first-order chi connectivity index (χ1) is 10.7. The Kier molecular flexibility index (Phi) is 4.13. The van der Waals surface area contributed by atoms with E-state index in [9.17, 15) is 4.79 Å². The molecule has 3 N–H and O–H groups in total. The van der Waals surface area contributed by atoms with Crippen molar-refractivity contribution in [3.8, 4) is 0 Å². The molecule has 2 aliphatic rings. The van der Waals surface area contributed by atoms with E-state index in [0.717, 1.165) is 49.7 Å². The molecular weight excluding hydrogens is 298 g/mol. The number of carbonyl (C=O) groups is 1. The number of fused-ring (bicyclic) bond motifs is 2. The molecule has 6 heteroatoms. The second kappa shape index (κ2) is 6.06. The molecule has 1 aromatic carbocycles. The summed E-state index contributed by atoms with van der Waals surface area (Å²) < 4.78 is 0. The number of aromatic nitrogens is 1. The molecule has 1 amide bonds. The van der Waals surface area contributed by atoms with Crippen LogP contribution in [0.1, 0.15) is 32.9 Å². The summed E-state index contributed by atoms with van der Waals surface area (Å²) in [6, 6.07) is 8.19. The molecule has 116 valence electrons. The lowest BCUT2D eigenvalue weighted by molar-refractivity contribution is 0.0688. The van der Waals surface area contributed by atoms with Gasteiger partial charge >= 0.3 is 0 Å². The zero-order chi connectivity index (χ0) is 15.7. The number of hydrogen-bond acceptors (Lipinski definition) is 5. The van der Waals surface area contributed by atoms with E-state index in [1.807, 2.05) is 29.2 Å². The van der Waals surface area contributed by atoms with Crippen molar-refractivity contribution in [3.05, 3.63) is 46.0 Å². The number of hydrogen-bond donors (Lipinski definition) is 2. The number of carbonyl (C=O) groups excluding carboxylic acids is 1. The van der Waals surface area contributed by atoms with Crippen LogP contribution in [0.4, 0.5) is 5.13 Å². The van der Waals surface area contributed by atoms with Crippen LogP contribution in [0, 0.1) is 0 Å². The van der Waals surface area contributed by atoms with Crippen molar-refractivity contribution in [1.29, 1.82) is 0 Å². The number of thiazole rings is 1. The molecule has 1 aliphatic carbocycles. The third-order valence-corrected chi connectivity index (χ3v) is 5.17. The number of nitrogen functional groups attached to an aromatic ring is 1. The summed E-state index contributed by atoms with van der Waals surface area (Å²) >= 11 is 1.57. The first-order valence-corrected chi connectivity index (χ1v) is 8.11. The van der Waals surface area contributed by atoms with Gasteiger partial charge in [-0.25, -0.2) is 4.98 Å². The van der Waals surface area contributed by atoms with E-state index in [1.165, 1.54) is 4.88 Å². The van der Waals surface area contributed by atoms with Gasteiger partial charge in [0.15, 0.2) is 5.13 Å². The Bertz CT molecular complexity index is 698. The highest BCUT2D eigenvalue weighted by Gasteiger charge is 2.35. The number of benzene rings is 1. The van der Waals surface area contributed by atoms with Gasteiger partial charge < -0.3 is 15.7 Å². The number of nitrogens with zero attached hydrogens (tertiary/aromatic N) is 2. The Balaban J connectivity index is 0.000000693. The minimum absolute atomic E-state index is 0.173. The third kappa shape index (κ3) is 2.48. The van der Waals surface area contributed by atoms with Crippen LogP contribution in [0.2, 0.25) is 0 Å². The molecule has 0 spiro atoms. The van der Waals surface area contributed by atoms with Crippen LogP contribution in [0.25, 0.3) is 0 Å². The number of aryl methyl sites for hydroxylation is 1. The van der Waals surface area contributed by atoms with Crippen LogP contribution in [0.5, 0.6) is 0 Å². The molecule has 5 nitrogen and oxygen atoms in total. The lowest BCUT2D eigenvalue weighted by Crippen LogP contribution is -2.39. The topological polar surface area (TPSA) is 79.5 Å². The molecule has 0 bridgehead atoms. The zero-order valence-corrected chi connectivity index (χ0v) is 13.3. The molecule has 0 saturated carbocycles. The minimum atomic E-state index is 0.173. The van der Waals surface area contributed by atoms with Gasteiger partial charge in [0.1, 0.15) is 0 Å². The quantitative estimate of drug-likeness (QED) is 0.841. The molecular formula is C16H19N3O2S. The zero-order valence-electron chi connectivity index (χ0n) is 12.5. The monoisotopic (exact) mass is 317 g/mol. The summed E-state index contributed by atoms with van der Waals surface area (Å²) in [6.07, 6.45) is 2.80. The second-order valence-electron chi connectivity index (χ2n) is 5.41. The molecule has 0 fully saturated rings. The SMILES string of the molecule is CO.Nc1nc2c(s1)CC(N1Cc3ccccc3C1=O)CC2. The van der Waals surface area contributed by atoms with Crippen LogP contribution in [-0.2, 0) is 19.4 Å². The first kappa shape index (κ1) is 15.0. The van der Waals surface area contributed by atoms with E-state index in [2.05, 4.69) is 4.98 Å². The molecule has 2 aromatic rings. The first-order valence-electron chi connectivity index (χ1n) is 7.30. The summed E-state index contributed by atoms with van der Waals surface area (Å²) in [5, 5.41) is 7.65. The van der Waals surface area contributed by atoms with E-state index in [-0.39, 0.29) is 11.9 Å². The smallest absolute Gasteiger partial charge is 0.254 e. The summed E-state index contributed by atoms with van der Waals surface area (Å²) in [7, 11) is 1.00. The summed E-state index contributed by atoms with van der Waals surface area (Å²) in [6.45, 7) is 0.739. The van der Waals surface area contributed by atoms with Crippen molar-refractivity contribution in [2.24, 2.45) is 0 Å². The van der Waals surface area contributed by atoms with Crippen LogP contribution in [0.15, 0.2) is 24.3 Å². The van der Waals surface area contributed by atoms with Gasteiger partial charge in [0, 0.05) is 36.6 Å². The van der Waals surface area contributed by atoms with Gasteiger partial charge in [0.2, 0.25) is 0 Å². The standard InChI is InChI=1S/C15H15N3OS.CH4O/c16-15-17-12-6-5-10(7-13(12)20-15)18-8-9-3-1-2-4-11(9)14(18)19;1-2/h1-4,10H,5-8H2,(H2,16,17);2H,1H3. The van der Waals surface area contributed by atoms with E-state index < -0.39 is 0 Å².